The van der Waals surface area contributed by atoms with Gasteiger partial charge in [0.15, 0.2) is 6.10 Å². The Labute approximate surface area is 384 Å². The molecule has 1 aliphatic carbocycles. The third-order valence-corrected chi connectivity index (χ3v) is 12.0. The lowest BCUT2D eigenvalue weighted by Crippen LogP contribution is -2.64. The third-order valence-electron chi connectivity index (χ3n) is 11.0. The molecular weight excluding hydrogens is 843 g/mol. The van der Waals surface area contributed by atoms with Gasteiger partial charge in [0.2, 0.25) is 0 Å². The van der Waals surface area contributed by atoms with Crippen molar-refractivity contribution >= 4 is 19.8 Å². The zero-order valence-electron chi connectivity index (χ0n) is 38.9. The van der Waals surface area contributed by atoms with E-state index in [0.717, 1.165) is 51.4 Å². The molecule has 0 bridgehead atoms. The number of esters is 2. The molecule has 0 amide bonds. The average Bonchev–Trinajstić information content (AvgIpc) is 3.27. The van der Waals surface area contributed by atoms with Crippen LogP contribution in [0.2, 0.25) is 0 Å². The van der Waals surface area contributed by atoms with E-state index in [1.165, 1.54) is 77.0 Å². The predicted octanol–water partition coefficient (Wildman–Crippen LogP) is 8.70. The van der Waals surface area contributed by atoms with Gasteiger partial charge in [0.1, 0.15) is 43.2 Å². The van der Waals surface area contributed by atoms with Crippen molar-refractivity contribution in [2.75, 3.05) is 13.2 Å². The summed E-state index contributed by atoms with van der Waals surface area (Å²) in [4.78, 5) is 35.8. The van der Waals surface area contributed by atoms with Crippen molar-refractivity contribution in [2.24, 2.45) is 0 Å². The lowest BCUT2D eigenvalue weighted by atomic mass is 9.85. The molecule has 0 aliphatic heterocycles. The Morgan fingerprint density at radius 2 is 1.02 bits per heavy atom. The molecule has 1 rings (SSSR count). The van der Waals surface area contributed by atoms with Crippen molar-refractivity contribution < 1.29 is 68.2 Å². The highest BCUT2D eigenvalue weighted by atomic mass is 31.2. The molecule has 370 valence electrons. The molecule has 0 aromatic carbocycles. The quantitative estimate of drug-likeness (QED) is 0.0101. The molecule has 15 heteroatoms. The summed E-state index contributed by atoms with van der Waals surface area (Å²) in [5.74, 6) is -1.30. The van der Waals surface area contributed by atoms with Crippen molar-refractivity contribution in [3.05, 3.63) is 60.8 Å². The van der Waals surface area contributed by atoms with Gasteiger partial charge in [-0.1, -0.05) is 177 Å². The van der Waals surface area contributed by atoms with Gasteiger partial charge in [0, 0.05) is 12.8 Å². The van der Waals surface area contributed by atoms with E-state index in [-0.39, 0.29) is 25.7 Å². The van der Waals surface area contributed by atoms with Gasteiger partial charge in [-0.25, -0.2) is 4.57 Å². The van der Waals surface area contributed by atoms with E-state index in [4.69, 9.17) is 18.5 Å². The first-order valence-electron chi connectivity index (χ1n) is 24.2. The molecule has 14 nitrogen and oxygen atoms in total. The molecule has 0 spiro atoms. The van der Waals surface area contributed by atoms with Crippen LogP contribution in [-0.4, -0.2) is 110 Å². The number of hydrogen-bond acceptors (Lipinski definition) is 13. The van der Waals surface area contributed by atoms with Crippen LogP contribution in [0.1, 0.15) is 174 Å². The summed E-state index contributed by atoms with van der Waals surface area (Å²) in [7, 11) is -5.18. The van der Waals surface area contributed by atoms with Gasteiger partial charge in [0.25, 0.3) is 0 Å². The van der Waals surface area contributed by atoms with Crippen LogP contribution in [0.4, 0.5) is 0 Å². The fourth-order valence-electron chi connectivity index (χ4n) is 7.08. The van der Waals surface area contributed by atoms with Crippen LogP contribution in [-0.2, 0) is 32.7 Å². The highest BCUT2D eigenvalue weighted by molar-refractivity contribution is 7.47. The molecule has 7 N–H and O–H groups in total. The van der Waals surface area contributed by atoms with Gasteiger partial charge in [0.05, 0.1) is 12.7 Å². The van der Waals surface area contributed by atoms with E-state index in [1.54, 1.807) is 12.2 Å². The number of aliphatic hydroxyl groups is 6. The van der Waals surface area contributed by atoms with E-state index >= 15 is 0 Å². The Morgan fingerprint density at radius 3 is 1.53 bits per heavy atom. The van der Waals surface area contributed by atoms with Crippen molar-refractivity contribution in [3.8, 4) is 0 Å². The molecule has 0 aromatic rings. The molecule has 1 aliphatic rings. The maximum atomic E-state index is 12.8. The molecule has 9 atom stereocenters. The number of aliphatic hydroxyl groups excluding tert-OH is 6. The van der Waals surface area contributed by atoms with Gasteiger partial charge in [-0.2, -0.15) is 0 Å². The number of allylic oxidation sites excluding steroid dienone is 9. The lowest BCUT2D eigenvalue weighted by molar-refractivity contribution is -0.220. The summed E-state index contributed by atoms with van der Waals surface area (Å²) in [6.45, 7) is 3.03. The SMILES string of the molecule is CC/C=C\C/C=C\C/C=C\C/C=C\C=C\C(O)CCCC(=O)O[C@H](COC(=O)CCCCCCCCCCCCCCCCCCC)COP(=O)(O)OC1[C@H](O)[C@H](O)C(O)[C@H](O)[C@H]1O. The summed E-state index contributed by atoms with van der Waals surface area (Å²) < 4.78 is 33.4. The molecule has 4 unspecified atom stereocenters. The number of phosphoric ester groups is 1. The van der Waals surface area contributed by atoms with E-state index < -0.39 is 81.8 Å². The maximum Gasteiger partial charge on any atom is 0.472 e. The second-order valence-electron chi connectivity index (χ2n) is 16.8. The fourth-order valence-corrected chi connectivity index (χ4v) is 8.05. The molecule has 0 radical (unpaired) electrons. The normalized spacial score (nSPS) is 22.6. The number of unbranched alkanes of at least 4 members (excludes halogenated alkanes) is 16. The topological polar surface area (TPSA) is 230 Å². The fraction of sp³-hybridized carbons (Fsp3) is 0.755. The Morgan fingerprint density at radius 1 is 0.562 bits per heavy atom. The number of phosphoric acid groups is 1. The van der Waals surface area contributed by atoms with Crippen LogP contribution >= 0.6 is 7.82 Å². The van der Waals surface area contributed by atoms with Crippen LogP contribution in [0.15, 0.2) is 60.8 Å². The van der Waals surface area contributed by atoms with Crippen LogP contribution in [0.3, 0.4) is 0 Å². The molecule has 1 saturated carbocycles. The highest BCUT2D eigenvalue weighted by Crippen LogP contribution is 2.47. The Hall–Kier alpha value is -2.49. The van der Waals surface area contributed by atoms with Crippen molar-refractivity contribution in [1.29, 1.82) is 0 Å². The van der Waals surface area contributed by atoms with Crippen LogP contribution in [0.25, 0.3) is 0 Å². The van der Waals surface area contributed by atoms with Gasteiger partial charge in [-0.05, 0) is 44.9 Å². The third kappa shape index (κ3) is 30.7. The number of carbonyl (C=O) groups is 2. The van der Waals surface area contributed by atoms with E-state index in [9.17, 15) is 49.7 Å². The molecule has 0 saturated heterocycles. The second-order valence-corrected chi connectivity index (χ2v) is 18.2. The van der Waals surface area contributed by atoms with E-state index in [0.29, 0.717) is 6.42 Å². The number of ether oxygens (including phenoxy) is 2. The first-order valence-corrected chi connectivity index (χ1v) is 25.7. The van der Waals surface area contributed by atoms with Crippen LogP contribution < -0.4 is 0 Å². The average molecular weight is 929 g/mol. The predicted molar refractivity (Wildman–Crippen MR) is 250 cm³/mol. The van der Waals surface area contributed by atoms with E-state index in [2.05, 4.69) is 50.3 Å². The van der Waals surface area contributed by atoms with Gasteiger partial charge < -0.3 is 45.0 Å². The number of hydrogen-bond donors (Lipinski definition) is 7. The van der Waals surface area contributed by atoms with Crippen molar-refractivity contribution in [2.45, 2.75) is 223 Å². The minimum absolute atomic E-state index is 0.127. The highest BCUT2D eigenvalue weighted by Gasteiger charge is 2.51. The minimum atomic E-state index is -5.18. The summed E-state index contributed by atoms with van der Waals surface area (Å²) >= 11 is 0. The zero-order valence-corrected chi connectivity index (χ0v) is 39.8. The summed E-state index contributed by atoms with van der Waals surface area (Å²) in [6, 6.07) is 0. The summed E-state index contributed by atoms with van der Waals surface area (Å²) in [5.41, 5.74) is 0. The lowest BCUT2D eigenvalue weighted by Gasteiger charge is -2.41. The maximum absolute atomic E-state index is 12.8. The monoisotopic (exact) mass is 929 g/mol. The second kappa shape index (κ2) is 38.6. The first-order chi connectivity index (χ1) is 30.8. The van der Waals surface area contributed by atoms with Gasteiger partial charge >= 0.3 is 19.8 Å². The smallest absolute Gasteiger partial charge is 0.462 e. The van der Waals surface area contributed by atoms with Crippen molar-refractivity contribution in [1.82, 2.24) is 0 Å². The number of rotatable bonds is 39. The summed E-state index contributed by atoms with van der Waals surface area (Å²) in [6.07, 6.45) is 30.0. The Kier molecular flexibility index (Phi) is 35.9. The first kappa shape index (κ1) is 59.5. The largest absolute Gasteiger partial charge is 0.472 e. The molecule has 1 fully saturated rings. The van der Waals surface area contributed by atoms with Crippen molar-refractivity contribution in [3.63, 3.8) is 0 Å². The minimum Gasteiger partial charge on any atom is -0.462 e. The van der Waals surface area contributed by atoms with Gasteiger partial charge in [-0.15, -0.1) is 0 Å². The molecule has 64 heavy (non-hydrogen) atoms. The standard InChI is InChI=1S/C49H85O14P/c1-3-5-7-9-11-13-15-17-18-19-20-22-24-26-28-30-32-36-42(51)60-38-41(39-61-64(58,59)63-49-47(56)45(54)44(53)46(55)48(49)57)62-43(52)37-33-35-40(50)34-31-29-27-25-23-21-16-14-12-10-8-6-4-2/h6,8,12,14,21,23,27,29,31,34,40-41,44-50,53-57H,3-5,7,9-11,13,15-20,22,24-26,28,30,32-33,35-39H2,1-2H3,(H,58,59)/b8-6-,14-12-,23-21-,29-27-,34-31+/t40?,41-,44?,45-,46+,47-,48-,49?/m1/s1. The Bertz CT molecular complexity index is 1370. The van der Waals surface area contributed by atoms with Gasteiger partial charge in [-0.3, -0.25) is 18.6 Å². The summed E-state index contributed by atoms with van der Waals surface area (Å²) in [5, 5.41) is 60.5. The van der Waals surface area contributed by atoms with Crippen LogP contribution in [0, 0.1) is 0 Å². The molecule has 0 aromatic heterocycles. The molecule has 0 heterocycles. The number of carbonyl (C=O) groups excluding carboxylic acids is 2. The molecular formula is C49H85O14P. The Balaban J connectivity index is 2.52. The van der Waals surface area contributed by atoms with Crippen LogP contribution in [0.5, 0.6) is 0 Å². The zero-order chi connectivity index (χ0) is 47.3. The van der Waals surface area contributed by atoms with E-state index in [1.807, 2.05) is 12.2 Å².